The molecule has 0 aliphatic carbocycles. The number of hydrogen-bond donors (Lipinski definition) is 1. The van der Waals surface area contributed by atoms with Crippen LogP contribution in [-0.2, 0) is 0 Å². The lowest BCUT2D eigenvalue weighted by Gasteiger charge is -2.03. The summed E-state index contributed by atoms with van der Waals surface area (Å²) in [5.41, 5.74) is 5.58. The monoisotopic (exact) mass is 200 g/mol. The lowest BCUT2D eigenvalue weighted by Crippen LogP contribution is -2.13. The van der Waals surface area contributed by atoms with Crippen LogP contribution in [-0.4, -0.2) is 12.4 Å². The molecule has 14 heavy (non-hydrogen) atoms. The Bertz CT molecular complexity index is 130. The van der Waals surface area contributed by atoms with Crippen molar-refractivity contribution in [3.05, 3.63) is 0 Å². The molecule has 1 unspecified atom stereocenters. The molecule has 2 heteroatoms. The summed E-state index contributed by atoms with van der Waals surface area (Å²) in [5.74, 6) is 1.59. The van der Waals surface area contributed by atoms with Gasteiger partial charge in [0.25, 0.3) is 0 Å². The largest absolute Gasteiger partial charge is 0.387 e. The fourth-order valence-electron chi connectivity index (χ4n) is 1.19. The van der Waals surface area contributed by atoms with E-state index < -0.39 is 0 Å². The molecule has 0 bridgehead atoms. The third-order valence-electron chi connectivity index (χ3n) is 1.73. The molecule has 0 aromatic rings. The lowest BCUT2D eigenvalue weighted by molar-refractivity contribution is 0.547. The van der Waals surface area contributed by atoms with Crippen molar-refractivity contribution in [1.29, 1.82) is 0 Å². The van der Waals surface area contributed by atoms with Crippen molar-refractivity contribution < 1.29 is 0 Å². The third kappa shape index (κ3) is 11.5. The minimum absolute atomic E-state index is 0.747. The Kier molecular flexibility index (Phi) is 14.2. The van der Waals surface area contributed by atoms with Crippen molar-refractivity contribution in [3.63, 3.8) is 0 Å². The van der Waals surface area contributed by atoms with Crippen LogP contribution in [0.5, 0.6) is 0 Å². The van der Waals surface area contributed by atoms with Gasteiger partial charge in [0.15, 0.2) is 0 Å². The molecule has 0 radical (unpaired) electrons. The Morgan fingerprint density at radius 3 is 2.36 bits per heavy atom. The van der Waals surface area contributed by atoms with Crippen LogP contribution in [0.4, 0.5) is 0 Å². The maximum atomic E-state index is 5.58. The Morgan fingerprint density at radius 2 is 1.86 bits per heavy atom. The number of nitrogens with two attached hydrogens (primary N) is 1. The fourth-order valence-corrected chi connectivity index (χ4v) is 1.19. The average Bonchev–Trinajstić information content (AvgIpc) is 2.34. The van der Waals surface area contributed by atoms with E-state index in [1.807, 2.05) is 13.8 Å². The quantitative estimate of drug-likeness (QED) is 0.637. The highest BCUT2D eigenvalue weighted by Gasteiger charge is 2.07. The zero-order valence-corrected chi connectivity index (χ0v) is 10.6. The van der Waals surface area contributed by atoms with E-state index in [1.54, 1.807) is 0 Å². The van der Waals surface area contributed by atoms with Gasteiger partial charge in [0, 0.05) is 13.0 Å². The van der Waals surface area contributed by atoms with E-state index >= 15 is 0 Å². The summed E-state index contributed by atoms with van der Waals surface area (Å²) in [6, 6.07) is 0. The van der Waals surface area contributed by atoms with Crippen LogP contribution in [0, 0.1) is 5.92 Å². The molecule has 1 aliphatic heterocycles. The van der Waals surface area contributed by atoms with E-state index in [9.17, 15) is 0 Å². The van der Waals surface area contributed by atoms with Crippen LogP contribution in [0.15, 0.2) is 4.99 Å². The summed E-state index contributed by atoms with van der Waals surface area (Å²) in [6.07, 6.45) is 4.74. The molecule has 0 aromatic heterocycles. The summed E-state index contributed by atoms with van der Waals surface area (Å²) in [6.45, 7) is 11.4. The molecule has 86 valence electrons. The van der Waals surface area contributed by atoms with Gasteiger partial charge in [0.1, 0.15) is 0 Å². The zero-order valence-electron chi connectivity index (χ0n) is 10.6. The van der Waals surface area contributed by atoms with Gasteiger partial charge < -0.3 is 5.73 Å². The first-order valence-corrected chi connectivity index (χ1v) is 5.99. The average molecular weight is 200 g/mol. The molecule has 0 saturated carbocycles. The molecule has 1 heterocycles. The van der Waals surface area contributed by atoms with Crippen molar-refractivity contribution in [2.45, 2.75) is 60.3 Å². The molecule has 2 N–H and O–H groups in total. The number of amidine groups is 1. The van der Waals surface area contributed by atoms with Gasteiger partial charge in [-0.25, -0.2) is 0 Å². The van der Waals surface area contributed by atoms with E-state index in [0.717, 1.165) is 24.7 Å². The van der Waals surface area contributed by atoms with Crippen molar-refractivity contribution in [3.8, 4) is 0 Å². The Morgan fingerprint density at radius 1 is 1.36 bits per heavy atom. The second-order valence-electron chi connectivity index (χ2n) is 3.53. The summed E-state index contributed by atoms with van der Waals surface area (Å²) in [5, 5.41) is 0. The van der Waals surface area contributed by atoms with Gasteiger partial charge in [0.2, 0.25) is 0 Å². The second kappa shape index (κ2) is 12.5. The first-order valence-electron chi connectivity index (χ1n) is 5.99. The van der Waals surface area contributed by atoms with E-state index in [2.05, 4.69) is 25.8 Å². The van der Waals surface area contributed by atoms with Crippen LogP contribution >= 0.6 is 0 Å². The minimum atomic E-state index is 0.747. The highest BCUT2D eigenvalue weighted by atomic mass is 14.8. The van der Waals surface area contributed by atoms with Gasteiger partial charge in [-0.3, -0.25) is 4.99 Å². The van der Waals surface area contributed by atoms with E-state index in [1.165, 1.54) is 19.3 Å². The molecular formula is C12H28N2. The zero-order chi connectivity index (χ0) is 11.4. The lowest BCUT2D eigenvalue weighted by atomic mass is 10.0. The normalized spacial score (nSPS) is 20.4. The SMILES string of the molecule is CC.CC1CCCN=C(N)C1.CCC. The molecule has 0 spiro atoms. The van der Waals surface area contributed by atoms with Gasteiger partial charge in [0.05, 0.1) is 5.84 Å². The molecule has 0 amide bonds. The van der Waals surface area contributed by atoms with Gasteiger partial charge in [-0.2, -0.15) is 0 Å². The van der Waals surface area contributed by atoms with Gasteiger partial charge in [-0.1, -0.05) is 41.0 Å². The highest BCUT2D eigenvalue weighted by molar-refractivity contribution is 5.80. The Balaban J connectivity index is 0. The maximum Gasteiger partial charge on any atom is 0.0939 e. The van der Waals surface area contributed by atoms with Gasteiger partial charge >= 0.3 is 0 Å². The molecule has 0 saturated heterocycles. The van der Waals surface area contributed by atoms with Crippen LogP contribution in [0.3, 0.4) is 0 Å². The van der Waals surface area contributed by atoms with Crippen LogP contribution < -0.4 is 5.73 Å². The van der Waals surface area contributed by atoms with Crippen molar-refractivity contribution in [2.75, 3.05) is 6.54 Å². The highest BCUT2D eigenvalue weighted by Crippen LogP contribution is 2.12. The fraction of sp³-hybridized carbons (Fsp3) is 0.917. The van der Waals surface area contributed by atoms with Crippen LogP contribution in [0.25, 0.3) is 0 Å². The standard InChI is InChI=1S/C7H14N2.C3H8.C2H6/c1-6-3-2-4-9-7(8)5-6;1-3-2;1-2/h6H,2-5H2,1H3,(H2,8,9);3H2,1-2H3;1-2H3. The van der Waals surface area contributed by atoms with Gasteiger partial charge in [-0.05, 0) is 18.8 Å². The van der Waals surface area contributed by atoms with Crippen molar-refractivity contribution in [2.24, 2.45) is 16.6 Å². The number of rotatable bonds is 0. The smallest absolute Gasteiger partial charge is 0.0939 e. The number of nitrogens with zero attached hydrogens (tertiary/aromatic N) is 1. The second-order valence-corrected chi connectivity index (χ2v) is 3.53. The first kappa shape index (κ1) is 15.9. The molecule has 1 atom stereocenters. The maximum absolute atomic E-state index is 5.58. The summed E-state index contributed by atoms with van der Waals surface area (Å²) < 4.78 is 0. The summed E-state index contributed by atoms with van der Waals surface area (Å²) in [4.78, 5) is 4.17. The predicted molar refractivity (Wildman–Crippen MR) is 66.8 cm³/mol. The number of hydrogen-bond acceptors (Lipinski definition) is 2. The first-order chi connectivity index (χ1) is 6.70. The molecule has 1 aliphatic rings. The Hall–Kier alpha value is -0.530. The van der Waals surface area contributed by atoms with Gasteiger partial charge in [-0.15, -0.1) is 0 Å². The van der Waals surface area contributed by atoms with Crippen LogP contribution in [0.1, 0.15) is 60.3 Å². The molecule has 1 rings (SSSR count). The predicted octanol–water partition coefficient (Wildman–Crippen LogP) is 3.61. The Labute approximate surface area is 90.0 Å². The number of aliphatic imine (C=N–C) groups is 1. The summed E-state index contributed by atoms with van der Waals surface area (Å²) >= 11 is 0. The van der Waals surface area contributed by atoms with E-state index in [0.29, 0.717) is 0 Å². The molecule has 0 aromatic carbocycles. The van der Waals surface area contributed by atoms with E-state index in [4.69, 9.17) is 5.73 Å². The van der Waals surface area contributed by atoms with Crippen molar-refractivity contribution in [1.82, 2.24) is 0 Å². The summed E-state index contributed by atoms with van der Waals surface area (Å²) in [7, 11) is 0. The van der Waals surface area contributed by atoms with Crippen molar-refractivity contribution >= 4 is 5.84 Å². The van der Waals surface area contributed by atoms with E-state index in [-0.39, 0.29) is 0 Å². The molecular weight excluding hydrogens is 172 g/mol. The minimum Gasteiger partial charge on any atom is -0.387 e. The molecule has 0 fully saturated rings. The topological polar surface area (TPSA) is 38.4 Å². The third-order valence-corrected chi connectivity index (χ3v) is 1.73. The molecule has 2 nitrogen and oxygen atoms in total. The van der Waals surface area contributed by atoms with Crippen LogP contribution in [0.2, 0.25) is 0 Å².